The van der Waals surface area contributed by atoms with Gasteiger partial charge in [-0.2, -0.15) is 0 Å². The van der Waals surface area contributed by atoms with E-state index in [0.717, 1.165) is 24.4 Å². The Labute approximate surface area is 90.1 Å². The molecule has 1 rings (SSSR count). The Morgan fingerprint density at radius 1 is 1.60 bits per heavy atom. The standard InChI is InChI=1S/C11H19N3O/c1-4-5-10-6-11(15)14(8(2)7-12)9(3)13-10/h6,8H,4-5,7,12H2,1-3H3. The van der Waals surface area contributed by atoms with E-state index < -0.39 is 0 Å². The lowest BCUT2D eigenvalue weighted by atomic mass is 10.2. The summed E-state index contributed by atoms with van der Waals surface area (Å²) in [5.74, 6) is 0.754. The minimum absolute atomic E-state index is 0.00361. The lowest BCUT2D eigenvalue weighted by Gasteiger charge is -2.15. The van der Waals surface area contributed by atoms with E-state index in [1.807, 2.05) is 13.8 Å². The zero-order valence-corrected chi connectivity index (χ0v) is 9.66. The van der Waals surface area contributed by atoms with Gasteiger partial charge in [0.25, 0.3) is 5.56 Å². The summed E-state index contributed by atoms with van der Waals surface area (Å²) in [5.41, 5.74) is 6.43. The van der Waals surface area contributed by atoms with Crippen molar-refractivity contribution in [1.82, 2.24) is 9.55 Å². The highest BCUT2D eigenvalue weighted by Crippen LogP contribution is 2.04. The maximum Gasteiger partial charge on any atom is 0.254 e. The van der Waals surface area contributed by atoms with Gasteiger partial charge in [0.1, 0.15) is 5.82 Å². The average molecular weight is 209 g/mol. The van der Waals surface area contributed by atoms with Crippen LogP contribution in [0.2, 0.25) is 0 Å². The Hall–Kier alpha value is -1.16. The van der Waals surface area contributed by atoms with Crippen LogP contribution in [0.25, 0.3) is 0 Å². The Bertz CT molecular complexity index is 384. The molecular weight excluding hydrogens is 190 g/mol. The van der Waals surface area contributed by atoms with Crippen LogP contribution in [0.1, 0.15) is 37.8 Å². The van der Waals surface area contributed by atoms with Gasteiger partial charge in [-0.15, -0.1) is 0 Å². The molecule has 1 aromatic rings. The molecule has 1 aromatic heterocycles. The lowest BCUT2D eigenvalue weighted by molar-refractivity contribution is 0.512. The molecule has 0 radical (unpaired) electrons. The third-order valence-corrected chi connectivity index (χ3v) is 2.47. The zero-order chi connectivity index (χ0) is 11.4. The first-order valence-electron chi connectivity index (χ1n) is 5.39. The largest absolute Gasteiger partial charge is 0.328 e. The van der Waals surface area contributed by atoms with Gasteiger partial charge in [0.15, 0.2) is 0 Å². The van der Waals surface area contributed by atoms with Gasteiger partial charge in [-0.05, 0) is 20.3 Å². The van der Waals surface area contributed by atoms with Gasteiger partial charge in [0.05, 0.1) is 0 Å². The molecule has 0 fully saturated rings. The van der Waals surface area contributed by atoms with Gasteiger partial charge < -0.3 is 5.73 Å². The van der Waals surface area contributed by atoms with Gasteiger partial charge in [0, 0.05) is 24.3 Å². The molecule has 4 nitrogen and oxygen atoms in total. The van der Waals surface area contributed by atoms with Crippen LogP contribution in [-0.4, -0.2) is 16.1 Å². The fraction of sp³-hybridized carbons (Fsp3) is 0.636. The number of aromatic nitrogens is 2. The summed E-state index contributed by atoms with van der Waals surface area (Å²) in [4.78, 5) is 16.2. The predicted molar refractivity (Wildman–Crippen MR) is 61.0 cm³/mol. The number of nitrogens with zero attached hydrogens (tertiary/aromatic N) is 2. The molecule has 1 heterocycles. The molecule has 4 heteroatoms. The minimum Gasteiger partial charge on any atom is -0.328 e. The second-order valence-corrected chi connectivity index (χ2v) is 3.84. The first-order valence-corrected chi connectivity index (χ1v) is 5.39. The van der Waals surface area contributed by atoms with E-state index in [9.17, 15) is 4.79 Å². The van der Waals surface area contributed by atoms with Crippen molar-refractivity contribution in [2.45, 2.75) is 39.7 Å². The maximum absolute atomic E-state index is 11.8. The van der Waals surface area contributed by atoms with Crippen molar-refractivity contribution < 1.29 is 0 Å². The Kier molecular flexibility index (Phi) is 4.03. The van der Waals surface area contributed by atoms with E-state index >= 15 is 0 Å². The SMILES string of the molecule is CCCc1cc(=O)n(C(C)CN)c(C)n1. The second-order valence-electron chi connectivity index (χ2n) is 3.84. The molecule has 0 aliphatic heterocycles. The zero-order valence-electron chi connectivity index (χ0n) is 9.66. The van der Waals surface area contributed by atoms with Crippen molar-refractivity contribution in [3.63, 3.8) is 0 Å². The predicted octanol–water partition coefficient (Wildman–Crippen LogP) is 1.02. The molecule has 0 aliphatic carbocycles. The van der Waals surface area contributed by atoms with Gasteiger partial charge in [0.2, 0.25) is 0 Å². The minimum atomic E-state index is 0.00361. The van der Waals surface area contributed by atoms with Crippen LogP contribution in [0.4, 0.5) is 0 Å². The molecular formula is C11H19N3O. The summed E-state index contributed by atoms with van der Waals surface area (Å²) in [6, 6.07) is 1.63. The van der Waals surface area contributed by atoms with Crippen molar-refractivity contribution in [3.8, 4) is 0 Å². The molecule has 15 heavy (non-hydrogen) atoms. The molecule has 1 unspecified atom stereocenters. The summed E-state index contributed by atoms with van der Waals surface area (Å²) < 4.78 is 1.65. The molecule has 0 spiro atoms. The molecule has 1 atom stereocenters. The van der Waals surface area contributed by atoms with Crippen LogP contribution in [-0.2, 0) is 6.42 Å². The van der Waals surface area contributed by atoms with Crippen molar-refractivity contribution in [3.05, 3.63) is 27.9 Å². The van der Waals surface area contributed by atoms with E-state index in [4.69, 9.17) is 5.73 Å². The topological polar surface area (TPSA) is 60.9 Å². The highest BCUT2D eigenvalue weighted by atomic mass is 16.1. The van der Waals surface area contributed by atoms with Crippen molar-refractivity contribution in [2.24, 2.45) is 5.73 Å². The maximum atomic E-state index is 11.8. The van der Waals surface area contributed by atoms with Gasteiger partial charge in [-0.25, -0.2) is 4.98 Å². The number of nitrogens with two attached hydrogens (primary N) is 1. The molecule has 2 N–H and O–H groups in total. The van der Waals surface area contributed by atoms with Crippen LogP contribution in [0, 0.1) is 6.92 Å². The van der Waals surface area contributed by atoms with Crippen LogP contribution in [0.15, 0.2) is 10.9 Å². The monoisotopic (exact) mass is 209 g/mol. The van der Waals surface area contributed by atoms with Gasteiger partial charge in [-0.3, -0.25) is 9.36 Å². The molecule has 0 aromatic carbocycles. The number of rotatable bonds is 4. The summed E-state index contributed by atoms with van der Waals surface area (Å²) in [6.07, 6.45) is 1.86. The summed E-state index contributed by atoms with van der Waals surface area (Å²) in [7, 11) is 0. The number of hydrogen-bond donors (Lipinski definition) is 1. The third kappa shape index (κ3) is 2.65. The number of hydrogen-bond acceptors (Lipinski definition) is 3. The fourth-order valence-corrected chi connectivity index (χ4v) is 1.69. The molecule has 0 amide bonds. The average Bonchev–Trinajstić information content (AvgIpc) is 2.16. The highest BCUT2D eigenvalue weighted by Gasteiger charge is 2.09. The lowest BCUT2D eigenvalue weighted by Crippen LogP contribution is -2.30. The first kappa shape index (κ1) is 11.9. The fourth-order valence-electron chi connectivity index (χ4n) is 1.69. The molecule has 0 saturated heterocycles. The van der Waals surface area contributed by atoms with E-state index in [-0.39, 0.29) is 11.6 Å². The van der Waals surface area contributed by atoms with E-state index in [2.05, 4.69) is 11.9 Å². The van der Waals surface area contributed by atoms with Gasteiger partial charge >= 0.3 is 0 Å². The summed E-state index contributed by atoms with van der Waals surface area (Å²) >= 11 is 0. The third-order valence-electron chi connectivity index (χ3n) is 2.47. The normalized spacial score (nSPS) is 12.8. The Morgan fingerprint density at radius 3 is 2.73 bits per heavy atom. The van der Waals surface area contributed by atoms with E-state index in [1.165, 1.54) is 0 Å². The van der Waals surface area contributed by atoms with E-state index in [1.54, 1.807) is 10.6 Å². The first-order chi connectivity index (χ1) is 7.10. The highest BCUT2D eigenvalue weighted by molar-refractivity contribution is 5.05. The summed E-state index contributed by atoms with van der Waals surface area (Å²) in [6.45, 7) is 6.31. The van der Waals surface area contributed by atoms with Crippen LogP contribution in [0.3, 0.4) is 0 Å². The molecule has 0 bridgehead atoms. The Morgan fingerprint density at radius 2 is 2.27 bits per heavy atom. The molecule has 84 valence electrons. The summed E-state index contributed by atoms with van der Waals surface area (Å²) in [5, 5.41) is 0. The van der Waals surface area contributed by atoms with Crippen molar-refractivity contribution in [2.75, 3.05) is 6.54 Å². The van der Waals surface area contributed by atoms with Crippen LogP contribution < -0.4 is 11.3 Å². The van der Waals surface area contributed by atoms with Crippen molar-refractivity contribution >= 4 is 0 Å². The van der Waals surface area contributed by atoms with Gasteiger partial charge in [-0.1, -0.05) is 13.3 Å². The molecule has 0 aliphatic rings. The quantitative estimate of drug-likeness (QED) is 0.805. The number of aryl methyl sites for hydroxylation is 2. The second kappa shape index (κ2) is 5.07. The Balaban J connectivity index is 3.15. The van der Waals surface area contributed by atoms with Crippen LogP contribution >= 0.6 is 0 Å². The molecule has 0 saturated carbocycles. The smallest absolute Gasteiger partial charge is 0.254 e. The van der Waals surface area contributed by atoms with E-state index in [0.29, 0.717) is 6.54 Å². The van der Waals surface area contributed by atoms with Crippen LogP contribution in [0.5, 0.6) is 0 Å². The van der Waals surface area contributed by atoms with Crippen molar-refractivity contribution in [1.29, 1.82) is 0 Å².